The molecule has 2 N–H and O–H groups in total. The first kappa shape index (κ1) is 23.2. The molecule has 3 amide bonds. The number of nitrogens with two attached hydrogens (primary N) is 1. The van der Waals surface area contributed by atoms with Crippen molar-refractivity contribution < 1.29 is 28.2 Å². The number of hydrazone groups is 1. The maximum absolute atomic E-state index is 13.5. The number of amides is 3. The fourth-order valence-electron chi connectivity index (χ4n) is 4.44. The number of carbonyl (C=O) groups is 3. The number of piperidine rings is 1. The Morgan fingerprint density at radius 3 is 2.68 bits per heavy atom. The number of primary amides is 1. The van der Waals surface area contributed by atoms with Gasteiger partial charge in [-0.2, -0.15) is 5.10 Å². The molecular weight excluding hydrogens is 443 g/mol. The highest BCUT2D eigenvalue weighted by molar-refractivity contribution is 6.13. The van der Waals surface area contributed by atoms with E-state index in [2.05, 4.69) is 5.10 Å². The molecule has 10 heteroatoms. The average molecular weight is 468 g/mol. The van der Waals surface area contributed by atoms with Gasteiger partial charge in [0.05, 0.1) is 5.71 Å². The van der Waals surface area contributed by atoms with Crippen molar-refractivity contribution in [1.82, 2.24) is 9.91 Å². The summed E-state index contributed by atoms with van der Waals surface area (Å²) in [5.41, 5.74) is 5.83. The van der Waals surface area contributed by atoms with Crippen molar-refractivity contribution in [3.05, 3.63) is 66.0 Å². The van der Waals surface area contributed by atoms with E-state index in [9.17, 15) is 18.8 Å². The molecule has 2 aromatic carbocycles. The van der Waals surface area contributed by atoms with Gasteiger partial charge in [0.2, 0.25) is 6.10 Å². The summed E-state index contributed by atoms with van der Waals surface area (Å²) in [6.07, 6.45) is -1.73. The summed E-state index contributed by atoms with van der Waals surface area (Å²) >= 11 is 0. The Labute approximate surface area is 195 Å². The van der Waals surface area contributed by atoms with Gasteiger partial charge in [-0.3, -0.25) is 9.59 Å². The maximum Gasteiger partial charge on any atom is 0.405 e. The summed E-state index contributed by atoms with van der Waals surface area (Å²) in [4.78, 5) is 39.6. The van der Waals surface area contributed by atoms with Crippen molar-refractivity contribution in [1.29, 1.82) is 0 Å². The largest absolute Gasteiger partial charge is 0.489 e. The van der Waals surface area contributed by atoms with Crippen LogP contribution in [0.5, 0.6) is 5.75 Å². The number of ether oxygens (including phenoxy) is 2. The molecule has 2 aromatic rings. The van der Waals surface area contributed by atoms with Gasteiger partial charge in [0, 0.05) is 32.6 Å². The van der Waals surface area contributed by atoms with Gasteiger partial charge in [0.25, 0.3) is 11.8 Å². The number of likely N-dealkylation sites (tertiary alicyclic amines) is 1. The number of benzene rings is 2. The molecule has 2 aliphatic rings. The van der Waals surface area contributed by atoms with Crippen LogP contribution >= 0.6 is 0 Å². The lowest BCUT2D eigenvalue weighted by atomic mass is 9.73. The van der Waals surface area contributed by atoms with Crippen LogP contribution in [0, 0.1) is 11.2 Å². The lowest BCUT2D eigenvalue weighted by Crippen LogP contribution is -2.58. The van der Waals surface area contributed by atoms with E-state index in [-0.39, 0.29) is 31.4 Å². The van der Waals surface area contributed by atoms with E-state index in [4.69, 9.17) is 15.2 Å². The van der Waals surface area contributed by atoms with Crippen LogP contribution in [0.1, 0.15) is 12.0 Å². The zero-order valence-electron chi connectivity index (χ0n) is 18.6. The maximum atomic E-state index is 13.5. The normalized spacial score (nSPS) is 20.4. The smallest absolute Gasteiger partial charge is 0.405 e. The molecule has 9 nitrogen and oxygen atoms in total. The summed E-state index contributed by atoms with van der Waals surface area (Å²) in [6, 6.07) is 14.9. The summed E-state index contributed by atoms with van der Waals surface area (Å²) in [5.74, 6) is -1.09. The highest BCUT2D eigenvalue weighted by Crippen LogP contribution is 2.38. The van der Waals surface area contributed by atoms with Crippen LogP contribution in [0.2, 0.25) is 0 Å². The Kier molecular flexibility index (Phi) is 6.49. The van der Waals surface area contributed by atoms with Gasteiger partial charge >= 0.3 is 6.09 Å². The van der Waals surface area contributed by atoms with Crippen molar-refractivity contribution in [3.8, 4) is 5.75 Å². The van der Waals surface area contributed by atoms with E-state index < -0.39 is 29.3 Å². The van der Waals surface area contributed by atoms with Crippen LogP contribution in [0.15, 0.2) is 59.7 Å². The van der Waals surface area contributed by atoms with Gasteiger partial charge in [0.1, 0.15) is 23.6 Å². The second-order valence-electron chi connectivity index (χ2n) is 8.32. The fraction of sp³-hybridized carbons (Fsp3) is 0.333. The summed E-state index contributed by atoms with van der Waals surface area (Å²) in [6.45, 7) is -0.00254. The van der Waals surface area contributed by atoms with Gasteiger partial charge < -0.3 is 20.1 Å². The minimum absolute atomic E-state index is 0.0708. The first-order valence-corrected chi connectivity index (χ1v) is 10.8. The van der Waals surface area contributed by atoms with Gasteiger partial charge in [0.15, 0.2) is 0 Å². The molecule has 0 saturated carbocycles. The summed E-state index contributed by atoms with van der Waals surface area (Å²) in [7, 11) is 1.60. The SMILES string of the molecule is CN1N=C2CCN(C(=O)[C@@H](COc3cccc(F)c3)OC(N)=O)C[C@@]2(Cc2ccccc2)C1=O. The van der Waals surface area contributed by atoms with E-state index in [1.807, 2.05) is 30.3 Å². The fourth-order valence-corrected chi connectivity index (χ4v) is 4.44. The number of fused-ring (bicyclic) bond motifs is 1. The van der Waals surface area contributed by atoms with Crippen molar-refractivity contribution >= 4 is 23.6 Å². The first-order valence-electron chi connectivity index (χ1n) is 10.8. The zero-order chi connectivity index (χ0) is 24.3. The summed E-state index contributed by atoms with van der Waals surface area (Å²) < 4.78 is 24.0. The van der Waals surface area contributed by atoms with E-state index in [0.717, 1.165) is 17.3 Å². The molecule has 2 atom stereocenters. The van der Waals surface area contributed by atoms with Gasteiger partial charge in [-0.15, -0.1) is 0 Å². The number of carbonyl (C=O) groups excluding carboxylic acids is 3. The molecule has 4 rings (SSSR count). The molecule has 0 bridgehead atoms. The van der Waals surface area contributed by atoms with E-state index in [0.29, 0.717) is 12.8 Å². The minimum atomic E-state index is -1.36. The quantitative estimate of drug-likeness (QED) is 0.667. The van der Waals surface area contributed by atoms with Crippen LogP contribution in [-0.2, 0) is 20.7 Å². The average Bonchev–Trinajstić information content (AvgIpc) is 3.06. The predicted molar refractivity (Wildman–Crippen MR) is 120 cm³/mol. The van der Waals surface area contributed by atoms with Crippen molar-refractivity contribution in [2.75, 3.05) is 26.7 Å². The molecule has 2 heterocycles. The number of halogens is 1. The molecule has 0 unspecified atom stereocenters. The van der Waals surface area contributed by atoms with Crippen LogP contribution in [0.3, 0.4) is 0 Å². The Balaban J connectivity index is 1.55. The Bertz CT molecular complexity index is 1130. The predicted octanol–water partition coefficient (Wildman–Crippen LogP) is 1.96. The number of nitrogens with zero attached hydrogens (tertiary/aromatic N) is 3. The van der Waals surface area contributed by atoms with E-state index >= 15 is 0 Å². The first-order chi connectivity index (χ1) is 16.3. The highest BCUT2D eigenvalue weighted by Gasteiger charge is 2.54. The molecule has 0 radical (unpaired) electrons. The topological polar surface area (TPSA) is 115 Å². The van der Waals surface area contributed by atoms with Crippen LogP contribution in [0.25, 0.3) is 0 Å². The number of hydrogen-bond acceptors (Lipinski definition) is 6. The second-order valence-corrected chi connectivity index (χ2v) is 8.32. The van der Waals surface area contributed by atoms with Crippen LogP contribution in [0.4, 0.5) is 9.18 Å². The Hall–Kier alpha value is -3.95. The second kappa shape index (κ2) is 9.50. The van der Waals surface area contributed by atoms with Crippen molar-refractivity contribution in [3.63, 3.8) is 0 Å². The van der Waals surface area contributed by atoms with Crippen LogP contribution in [-0.4, -0.2) is 66.4 Å². The molecule has 2 aliphatic heterocycles. The third-order valence-corrected chi connectivity index (χ3v) is 6.00. The zero-order valence-corrected chi connectivity index (χ0v) is 18.6. The van der Waals surface area contributed by atoms with Gasteiger partial charge in [-0.25, -0.2) is 14.2 Å². The Morgan fingerprint density at radius 2 is 1.97 bits per heavy atom. The lowest BCUT2D eigenvalue weighted by Gasteiger charge is -2.40. The number of rotatable bonds is 7. The molecule has 0 aromatic heterocycles. The number of hydrogen-bond donors (Lipinski definition) is 1. The van der Waals surface area contributed by atoms with E-state index in [1.165, 1.54) is 28.1 Å². The standard InChI is InChI=1S/C24H25FN4O5/c1-28-22(31)24(13-16-6-3-2-4-7-16)15-29(11-10-20(24)27-28)21(30)19(34-23(26)32)14-33-18-9-5-8-17(25)12-18/h2-9,12,19H,10-11,13-15H2,1H3,(H2,26,32)/t19-,24-/m1/s1. The minimum Gasteiger partial charge on any atom is -0.489 e. The molecule has 0 aliphatic carbocycles. The molecule has 1 fully saturated rings. The monoisotopic (exact) mass is 468 g/mol. The van der Waals surface area contributed by atoms with Gasteiger partial charge in [-0.1, -0.05) is 36.4 Å². The van der Waals surface area contributed by atoms with Crippen molar-refractivity contribution in [2.45, 2.75) is 18.9 Å². The highest BCUT2D eigenvalue weighted by atomic mass is 19.1. The molecule has 178 valence electrons. The molecule has 34 heavy (non-hydrogen) atoms. The molecule has 0 spiro atoms. The van der Waals surface area contributed by atoms with E-state index in [1.54, 1.807) is 7.05 Å². The Morgan fingerprint density at radius 1 is 1.21 bits per heavy atom. The van der Waals surface area contributed by atoms with Gasteiger partial charge in [-0.05, 0) is 24.1 Å². The molecule has 1 saturated heterocycles. The summed E-state index contributed by atoms with van der Waals surface area (Å²) in [5, 5.41) is 5.74. The lowest BCUT2D eigenvalue weighted by molar-refractivity contribution is -0.146. The van der Waals surface area contributed by atoms with Crippen molar-refractivity contribution in [2.24, 2.45) is 16.3 Å². The molecular formula is C24H25FN4O5. The third-order valence-electron chi connectivity index (χ3n) is 6.00. The third kappa shape index (κ3) is 4.70. The van der Waals surface area contributed by atoms with Crippen LogP contribution < -0.4 is 10.5 Å².